The van der Waals surface area contributed by atoms with Gasteiger partial charge in [0.25, 0.3) is 0 Å². The van der Waals surface area contributed by atoms with Crippen molar-refractivity contribution in [1.29, 1.82) is 0 Å². The molecular formula is C13H24N2O4. The normalized spacial score (nSPS) is 18.0. The summed E-state index contributed by atoms with van der Waals surface area (Å²) in [6.07, 6.45) is 2.81. The van der Waals surface area contributed by atoms with Crippen LogP contribution in [0.15, 0.2) is 0 Å². The number of piperidine rings is 1. The Kier molecular flexibility index (Phi) is 6.80. The molecule has 2 N–H and O–H groups in total. The van der Waals surface area contributed by atoms with Crippen LogP contribution in [-0.4, -0.2) is 60.8 Å². The number of nitrogens with zero attached hydrogens (tertiary/aromatic N) is 1. The van der Waals surface area contributed by atoms with Crippen LogP contribution in [0.2, 0.25) is 0 Å². The Morgan fingerprint density at radius 3 is 2.58 bits per heavy atom. The van der Waals surface area contributed by atoms with Crippen molar-refractivity contribution in [3.8, 4) is 0 Å². The van der Waals surface area contributed by atoms with E-state index in [1.807, 2.05) is 0 Å². The van der Waals surface area contributed by atoms with E-state index >= 15 is 0 Å². The van der Waals surface area contributed by atoms with Gasteiger partial charge in [0.2, 0.25) is 5.91 Å². The Morgan fingerprint density at radius 1 is 1.42 bits per heavy atom. The van der Waals surface area contributed by atoms with E-state index in [1.165, 1.54) is 11.9 Å². The molecule has 6 nitrogen and oxygen atoms in total. The Balaban J connectivity index is 2.27. The lowest BCUT2D eigenvalue weighted by Gasteiger charge is -2.25. The third-order valence-electron chi connectivity index (χ3n) is 3.49. The number of carboxylic acids is 1. The molecule has 1 fully saturated rings. The third kappa shape index (κ3) is 5.16. The van der Waals surface area contributed by atoms with Gasteiger partial charge in [-0.15, -0.1) is 0 Å². The molecular weight excluding hydrogens is 248 g/mol. The van der Waals surface area contributed by atoms with Crippen LogP contribution >= 0.6 is 0 Å². The summed E-state index contributed by atoms with van der Waals surface area (Å²) in [4.78, 5) is 24.1. The second-order valence-corrected chi connectivity index (χ2v) is 4.84. The predicted octanol–water partition coefficient (Wildman–Crippen LogP) is 0.467. The van der Waals surface area contributed by atoms with E-state index in [2.05, 4.69) is 5.32 Å². The SMILES string of the molecule is CCC(C(=O)O)N(C)C(=O)CCOC1CCNCC1. The topological polar surface area (TPSA) is 78.9 Å². The highest BCUT2D eigenvalue weighted by Gasteiger charge is 2.24. The Hall–Kier alpha value is -1.14. The van der Waals surface area contributed by atoms with Gasteiger partial charge in [-0.05, 0) is 32.4 Å². The minimum atomic E-state index is -0.961. The van der Waals surface area contributed by atoms with Crippen molar-refractivity contribution in [2.75, 3.05) is 26.7 Å². The number of nitrogens with one attached hydrogen (secondary N) is 1. The van der Waals surface area contributed by atoms with Gasteiger partial charge >= 0.3 is 5.97 Å². The molecule has 0 radical (unpaired) electrons. The maximum absolute atomic E-state index is 11.9. The second-order valence-electron chi connectivity index (χ2n) is 4.84. The zero-order valence-corrected chi connectivity index (χ0v) is 11.7. The van der Waals surface area contributed by atoms with Crippen molar-refractivity contribution >= 4 is 11.9 Å². The van der Waals surface area contributed by atoms with Gasteiger partial charge in [0.15, 0.2) is 0 Å². The highest BCUT2D eigenvalue weighted by molar-refractivity contribution is 5.83. The van der Waals surface area contributed by atoms with Crippen LogP contribution in [0.3, 0.4) is 0 Å². The third-order valence-corrected chi connectivity index (χ3v) is 3.49. The summed E-state index contributed by atoms with van der Waals surface area (Å²) in [5.41, 5.74) is 0. The van der Waals surface area contributed by atoms with Crippen LogP contribution in [0.5, 0.6) is 0 Å². The van der Waals surface area contributed by atoms with Crippen LogP contribution in [0.25, 0.3) is 0 Å². The molecule has 1 aliphatic rings. The van der Waals surface area contributed by atoms with E-state index in [9.17, 15) is 9.59 Å². The molecule has 0 aliphatic carbocycles. The first-order valence-electron chi connectivity index (χ1n) is 6.87. The van der Waals surface area contributed by atoms with E-state index in [0.29, 0.717) is 13.0 Å². The van der Waals surface area contributed by atoms with Crippen LogP contribution in [-0.2, 0) is 14.3 Å². The van der Waals surface area contributed by atoms with Crippen molar-refractivity contribution in [2.24, 2.45) is 0 Å². The molecule has 1 rings (SSSR count). The lowest BCUT2D eigenvalue weighted by Crippen LogP contribution is -2.42. The lowest BCUT2D eigenvalue weighted by atomic mass is 10.1. The van der Waals surface area contributed by atoms with Gasteiger partial charge in [-0.3, -0.25) is 4.79 Å². The van der Waals surface area contributed by atoms with Crippen LogP contribution in [0.1, 0.15) is 32.6 Å². The van der Waals surface area contributed by atoms with Gasteiger partial charge in [-0.2, -0.15) is 0 Å². The molecule has 0 aromatic rings. The first-order chi connectivity index (χ1) is 9.06. The molecule has 0 saturated carbocycles. The molecule has 110 valence electrons. The number of carboxylic acid groups (broad SMARTS) is 1. The van der Waals surface area contributed by atoms with Crippen LogP contribution in [0.4, 0.5) is 0 Å². The monoisotopic (exact) mass is 272 g/mol. The van der Waals surface area contributed by atoms with Crippen molar-refractivity contribution in [2.45, 2.75) is 44.8 Å². The maximum atomic E-state index is 11.9. The molecule has 1 amide bonds. The smallest absolute Gasteiger partial charge is 0.326 e. The first-order valence-corrected chi connectivity index (χ1v) is 6.87. The second kappa shape index (κ2) is 8.12. The standard InChI is InChI=1S/C13H24N2O4/c1-3-11(13(17)18)15(2)12(16)6-9-19-10-4-7-14-8-5-10/h10-11,14H,3-9H2,1-2H3,(H,17,18). The fraction of sp³-hybridized carbons (Fsp3) is 0.846. The molecule has 1 aliphatic heterocycles. The molecule has 0 spiro atoms. The van der Waals surface area contributed by atoms with Crippen molar-refractivity contribution < 1.29 is 19.4 Å². The number of hydrogen-bond acceptors (Lipinski definition) is 4. The van der Waals surface area contributed by atoms with E-state index < -0.39 is 12.0 Å². The maximum Gasteiger partial charge on any atom is 0.326 e. The summed E-state index contributed by atoms with van der Waals surface area (Å²) in [5.74, 6) is -1.14. The highest BCUT2D eigenvalue weighted by atomic mass is 16.5. The highest BCUT2D eigenvalue weighted by Crippen LogP contribution is 2.09. The van der Waals surface area contributed by atoms with Gasteiger partial charge in [0.1, 0.15) is 6.04 Å². The zero-order chi connectivity index (χ0) is 14.3. The van der Waals surface area contributed by atoms with Gasteiger partial charge < -0.3 is 20.1 Å². The molecule has 0 bridgehead atoms. The van der Waals surface area contributed by atoms with E-state index in [1.54, 1.807) is 6.92 Å². The summed E-state index contributed by atoms with van der Waals surface area (Å²) in [6, 6.07) is -0.744. The average molecular weight is 272 g/mol. The number of carbonyl (C=O) groups is 2. The van der Waals surface area contributed by atoms with Crippen molar-refractivity contribution in [1.82, 2.24) is 10.2 Å². The minimum Gasteiger partial charge on any atom is -0.480 e. The molecule has 1 atom stereocenters. The molecule has 0 aromatic heterocycles. The predicted molar refractivity (Wildman–Crippen MR) is 70.9 cm³/mol. The largest absolute Gasteiger partial charge is 0.480 e. The molecule has 1 heterocycles. The first kappa shape index (κ1) is 15.9. The van der Waals surface area contributed by atoms with Gasteiger partial charge in [-0.25, -0.2) is 4.79 Å². The Labute approximate surface area is 114 Å². The molecule has 1 saturated heterocycles. The quantitative estimate of drug-likeness (QED) is 0.704. The fourth-order valence-electron chi connectivity index (χ4n) is 2.24. The van der Waals surface area contributed by atoms with Gasteiger partial charge in [0.05, 0.1) is 19.1 Å². The summed E-state index contributed by atoms with van der Waals surface area (Å²) >= 11 is 0. The van der Waals surface area contributed by atoms with E-state index in [-0.39, 0.29) is 18.4 Å². The van der Waals surface area contributed by atoms with Crippen LogP contribution < -0.4 is 5.32 Å². The molecule has 19 heavy (non-hydrogen) atoms. The molecule has 1 unspecified atom stereocenters. The summed E-state index contributed by atoms with van der Waals surface area (Å²) in [5, 5.41) is 12.2. The van der Waals surface area contributed by atoms with Crippen LogP contribution in [0, 0.1) is 0 Å². The zero-order valence-electron chi connectivity index (χ0n) is 11.7. The van der Waals surface area contributed by atoms with Crippen molar-refractivity contribution in [3.63, 3.8) is 0 Å². The number of amides is 1. The minimum absolute atomic E-state index is 0.178. The summed E-state index contributed by atoms with van der Waals surface area (Å²) in [6.45, 7) is 4.03. The number of ether oxygens (including phenoxy) is 1. The number of hydrogen-bond donors (Lipinski definition) is 2. The number of likely N-dealkylation sites (N-methyl/N-ethyl adjacent to an activating group) is 1. The summed E-state index contributed by atoms with van der Waals surface area (Å²) in [7, 11) is 1.54. The number of rotatable bonds is 7. The van der Waals surface area contributed by atoms with E-state index in [0.717, 1.165) is 25.9 Å². The lowest BCUT2D eigenvalue weighted by molar-refractivity contribution is -0.149. The van der Waals surface area contributed by atoms with Crippen molar-refractivity contribution in [3.05, 3.63) is 0 Å². The average Bonchev–Trinajstić information content (AvgIpc) is 2.40. The molecule has 6 heteroatoms. The van der Waals surface area contributed by atoms with Gasteiger partial charge in [-0.1, -0.05) is 6.92 Å². The summed E-state index contributed by atoms with van der Waals surface area (Å²) < 4.78 is 5.64. The number of carbonyl (C=O) groups excluding carboxylic acids is 1. The van der Waals surface area contributed by atoms with E-state index in [4.69, 9.17) is 9.84 Å². The number of aliphatic carboxylic acids is 1. The van der Waals surface area contributed by atoms with Gasteiger partial charge in [0, 0.05) is 7.05 Å². The Morgan fingerprint density at radius 2 is 2.05 bits per heavy atom. The molecule has 0 aromatic carbocycles. The Bertz CT molecular complexity index is 303. The fourth-order valence-corrected chi connectivity index (χ4v) is 2.24.